The second-order valence-electron chi connectivity index (χ2n) is 2.35. The first-order valence-corrected chi connectivity index (χ1v) is 4.19. The lowest BCUT2D eigenvalue weighted by atomic mass is 10.5. The largest absolute Gasteiger partial charge is 0.391 e. The first-order chi connectivity index (χ1) is 5.35. The molecule has 0 unspecified atom stereocenters. The van der Waals surface area contributed by atoms with Crippen molar-refractivity contribution in [2.45, 2.75) is 33.0 Å². The third-order valence-corrected chi connectivity index (χ3v) is 1.16. The molecule has 1 N–H and O–H groups in total. The van der Waals surface area contributed by atoms with Crippen molar-refractivity contribution in [3.05, 3.63) is 0 Å². The summed E-state index contributed by atoms with van der Waals surface area (Å²) >= 11 is 0. The Morgan fingerprint density at radius 1 is 1.09 bits per heavy atom. The fourth-order valence-electron chi connectivity index (χ4n) is 0.652. The summed E-state index contributed by atoms with van der Waals surface area (Å²) in [5.74, 6) is 0. The highest BCUT2D eigenvalue weighted by Gasteiger charge is 2.04. The number of aliphatic hydroxyl groups excluding tert-OH is 1. The monoisotopic (exact) mass is 162 g/mol. The van der Waals surface area contributed by atoms with Crippen molar-refractivity contribution < 1.29 is 14.6 Å². The molecule has 0 fully saturated rings. The SMILES string of the molecule is CCCOC(CO)OCCC. The maximum Gasteiger partial charge on any atom is 0.180 e. The van der Waals surface area contributed by atoms with E-state index in [0.29, 0.717) is 13.2 Å². The summed E-state index contributed by atoms with van der Waals surface area (Å²) in [6.07, 6.45) is 1.48. The maximum absolute atomic E-state index is 8.73. The molecule has 0 bridgehead atoms. The van der Waals surface area contributed by atoms with Crippen molar-refractivity contribution in [1.29, 1.82) is 0 Å². The van der Waals surface area contributed by atoms with Crippen LogP contribution in [0.3, 0.4) is 0 Å². The highest BCUT2D eigenvalue weighted by Crippen LogP contribution is 1.95. The fraction of sp³-hybridized carbons (Fsp3) is 1.00. The van der Waals surface area contributed by atoms with E-state index in [1.54, 1.807) is 0 Å². The molecule has 0 aromatic carbocycles. The Morgan fingerprint density at radius 2 is 1.55 bits per heavy atom. The molecule has 0 radical (unpaired) electrons. The third kappa shape index (κ3) is 6.28. The van der Waals surface area contributed by atoms with Crippen molar-refractivity contribution in [3.8, 4) is 0 Å². The zero-order valence-electron chi connectivity index (χ0n) is 7.38. The van der Waals surface area contributed by atoms with Gasteiger partial charge in [-0.05, 0) is 12.8 Å². The molecule has 3 heteroatoms. The summed E-state index contributed by atoms with van der Waals surface area (Å²) in [5, 5.41) is 8.73. The molecule has 0 aliphatic carbocycles. The van der Waals surface area contributed by atoms with Gasteiger partial charge in [0.05, 0.1) is 6.61 Å². The minimum Gasteiger partial charge on any atom is -0.391 e. The first kappa shape index (κ1) is 10.9. The molecule has 0 saturated heterocycles. The summed E-state index contributed by atoms with van der Waals surface area (Å²) in [7, 11) is 0. The molecule has 0 spiro atoms. The van der Waals surface area contributed by atoms with Crippen molar-refractivity contribution in [1.82, 2.24) is 0 Å². The van der Waals surface area contributed by atoms with Gasteiger partial charge in [-0.3, -0.25) is 0 Å². The van der Waals surface area contributed by atoms with Gasteiger partial charge in [-0.15, -0.1) is 0 Å². The molecule has 68 valence electrons. The molecule has 0 rings (SSSR count). The van der Waals surface area contributed by atoms with Crippen molar-refractivity contribution >= 4 is 0 Å². The highest BCUT2D eigenvalue weighted by atomic mass is 16.7. The van der Waals surface area contributed by atoms with E-state index in [1.165, 1.54) is 0 Å². The zero-order valence-corrected chi connectivity index (χ0v) is 7.38. The summed E-state index contributed by atoms with van der Waals surface area (Å²) in [5.41, 5.74) is 0. The van der Waals surface area contributed by atoms with Crippen LogP contribution in [0.4, 0.5) is 0 Å². The van der Waals surface area contributed by atoms with Gasteiger partial charge in [0.15, 0.2) is 6.29 Å². The molecular formula is C8H18O3. The molecule has 0 aliphatic heterocycles. The van der Waals surface area contributed by atoms with E-state index < -0.39 is 6.29 Å². The Labute approximate surface area is 68.3 Å². The Kier molecular flexibility index (Phi) is 7.89. The van der Waals surface area contributed by atoms with E-state index in [-0.39, 0.29) is 6.61 Å². The molecule has 0 saturated carbocycles. The average molecular weight is 162 g/mol. The van der Waals surface area contributed by atoms with E-state index in [0.717, 1.165) is 12.8 Å². The van der Waals surface area contributed by atoms with Gasteiger partial charge in [-0.1, -0.05) is 13.8 Å². The normalized spacial score (nSPS) is 10.9. The van der Waals surface area contributed by atoms with Crippen LogP contribution in [0.25, 0.3) is 0 Å². The molecule has 0 aliphatic rings. The van der Waals surface area contributed by atoms with Gasteiger partial charge in [0.25, 0.3) is 0 Å². The summed E-state index contributed by atoms with van der Waals surface area (Å²) in [4.78, 5) is 0. The number of hydrogen-bond acceptors (Lipinski definition) is 3. The predicted molar refractivity (Wildman–Crippen MR) is 43.4 cm³/mol. The molecular weight excluding hydrogens is 144 g/mol. The summed E-state index contributed by atoms with van der Waals surface area (Å²) in [6.45, 7) is 5.28. The van der Waals surface area contributed by atoms with E-state index in [9.17, 15) is 0 Å². The Balaban J connectivity index is 3.25. The second-order valence-corrected chi connectivity index (χ2v) is 2.35. The molecule has 0 atom stereocenters. The Hall–Kier alpha value is -0.120. The minimum atomic E-state index is -0.421. The summed E-state index contributed by atoms with van der Waals surface area (Å²) < 4.78 is 10.3. The lowest BCUT2D eigenvalue weighted by Gasteiger charge is -2.14. The quantitative estimate of drug-likeness (QED) is 0.571. The molecule has 0 heterocycles. The highest BCUT2D eigenvalue weighted by molar-refractivity contribution is 4.39. The van der Waals surface area contributed by atoms with Crippen LogP contribution in [-0.2, 0) is 9.47 Å². The zero-order chi connectivity index (χ0) is 8.53. The van der Waals surface area contributed by atoms with E-state index in [1.807, 2.05) is 13.8 Å². The van der Waals surface area contributed by atoms with E-state index in [4.69, 9.17) is 14.6 Å². The topological polar surface area (TPSA) is 38.7 Å². The predicted octanol–water partition coefficient (Wildman–Crippen LogP) is 1.16. The molecule has 0 amide bonds. The maximum atomic E-state index is 8.73. The molecule has 3 nitrogen and oxygen atoms in total. The minimum absolute atomic E-state index is 0.0556. The molecule has 0 aromatic rings. The number of aliphatic hydroxyl groups is 1. The van der Waals surface area contributed by atoms with Crippen molar-refractivity contribution in [2.75, 3.05) is 19.8 Å². The molecule has 11 heavy (non-hydrogen) atoms. The number of hydrogen-bond donors (Lipinski definition) is 1. The van der Waals surface area contributed by atoms with Crippen LogP contribution in [0.15, 0.2) is 0 Å². The number of ether oxygens (including phenoxy) is 2. The van der Waals surface area contributed by atoms with Crippen LogP contribution >= 0.6 is 0 Å². The van der Waals surface area contributed by atoms with Crippen LogP contribution in [0.1, 0.15) is 26.7 Å². The van der Waals surface area contributed by atoms with Crippen LogP contribution in [0.5, 0.6) is 0 Å². The number of rotatable bonds is 7. The van der Waals surface area contributed by atoms with E-state index >= 15 is 0 Å². The van der Waals surface area contributed by atoms with Gasteiger partial charge < -0.3 is 14.6 Å². The lowest BCUT2D eigenvalue weighted by molar-refractivity contribution is -0.162. The molecule has 0 aromatic heterocycles. The Bertz CT molecular complexity index is 67.7. The fourth-order valence-corrected chi connectivity index (χ4v) is 0.652. The van der Waals surface area contributed by atoms with Crippen LogP contribution < -0.4 is 0 Å². The second kappa shape index (κ2) is 7.98. The lowest BCUT2D eigenvalue weighted by Crippen LogP contribution is -2.22. The van der Waals surface area contributed by atoms with Gasteiger partial charge in [0.1, 0.15) is 0 Å². The third-order valence-electron chi connectivity index (χ3n) is 1.16. The Morgan fingerprint density at radius 3 is 1.82 bits per heavy atom. The first-order valence-electron chi connectivity index (χ1n) is 4.19. The van der Waals surface area contributed by atoms with Crippen LogP contribution in [-0.4, -0.2) is 31.2 Å². The van der Waals surface area contributed by atoms with Gasteiger partial charge in [0.2, 0.25) is 0 Å². The van der Waals surface area contributed by atoms with Gasteiger partial charge in [-0.2, -0.15) is 0 Å². The van der Waals surface area contributed by atoms with Gasteiger partial charge >= 0.3 is 0 Å². The van der Waals surface area contributed by atoms with Crippen molar-refractivity contribution in [2.24, 2.45) is 0 Å². The van der Waals surface area contributed by atoms with Crippen LogP contribution in [0.2, 0.25) is 0 Å². The van der Waals surface area contributed by atoms with Gasteiger partial charge in [0, 0.05) is 13.2 Å². The van der Waals surface area contributed by atoms with Crippen molar-refractivity contribution in [3.63, 3.8) is 0 Å². The standard InChI is InChI=1S/C8H18O3/c1-3-5-10-8(7-9)11-6-4-2/h8-9H,3-7H2,1-2H3. The summed E-state index contributed by atoms with van der Waals surface area (Å²) in [6, 6.07) is 0. The van der Waals surface area contributed by atoms with Gasteiger partial charge in [-0.25, -0.2) is 0 Å². The van der Waals surface area contributed by atoms with E-state index in [2.05, 4.69) is 0 Å². The average Bonchev–Trinajstić information content (AvgIpc) is 2.05. The van der Waals surface area contributed by atoms with Crippen LogP contribution in [0, 0.1) is 0 Å². The smallest absolute Gasteiger partial charge is 0.180 e.